The van der Waals surface area contributed by atoms with Gasteiger partial charge in [-0.1, -0.05) is 38.2 Å². The Bertz CT molecular complexity index is 732. The minimum atomic E-state index is -0.409. The number of carbonyl (C=O) groups excluding carboxylic acids is 1. The first-order chi connectivity index (χ1) is 11.7. The number of para-hydroxylation sites is 1. The van der Waals surface area contributed by atoms with Gasteiger partial charge in [0.2, 0.25) is 0 Å². The van der Waals surface area contributed by atoms with Gasteiger partial charge in [-0.05, 0) is 43.5 Å². The summed E-state index contributed by atoms with van der Waals surface area (Å²) >= 11 is 0. The summed E-state index contributed by atoms with van der Waals surface area (Å²) in [5.41, 5.74) is 7.66. The highest BCUT2D eigenvalue weighted by molar-refractivity contribution is 6.04. The second-order valence-corrected chi connectivity index (χ2v) is 7.35. The van der Waals surface area contributed by atoms with Crippen LogP contribution in [0, 0.1) is 11.8 Å². The molecule has 1 aromatic carbocycles. The first-order valence-electron chi connectivity index (χ1n) is 9.23. The predicted octanol–water partition coefficient (Wildman–Crippen LogP) is 2.94. The number of H-pyrrole nitrogens is 1. The van der Waals surface area contributed by atoms with Crippen LogP contribution in [0.4, 0.5) is 0 Å². The van der Waals surface area contributed by atoms with Crippen LogP contribution in [-0.4, -0.2) is 29.0 Å². The van der Waals surface area contributed by atoms with Gasteiger partial charge >= 0.3 is 0 Å². The number of benzene rings is 1. The SMILES string of the molecule is NC(=O)c1cccc2[nH]c(C3CCNCC3C3CCCCC3)nc12. The second kappa shape index (κ2) is 6.55. The Morgan fingerprint density at radius 1 is 1.17 bits per heavy atom. The number of nitrogens with one attached hydrogen (secondary N) is 2. The minimum absolute atomic E-state index is 0.409. The van der Waals surface area contributed by atoms with Gasteiger partial charge < -0.3 is 16.0 Å². The van der Waals surface area contributed by atoms with E-state index in [4.69, 9.17) is 10.7 Å². The maximum atomic E-state index is 11.7. The van der Waals surface area contributed by atoms with Gasteiger partial charge in [-0.15, -0.1) is 0 Å². The quantitative estimate of drug-likeness (QED) is 0.811. The van der Waals surface area contributed by atoms with Crippen LogP contribution < -0.4 is 11.1 Å². The van der Waals surface area contributed by atoms with Crippen LogP contribution in [0.15, 0.2) is 18.2 Å². The Labute approximate surface area is 142 Å². The molecular weight excluding hydrogens is 300 g/mol. The first kappa shape index (κ1) is 15.6. The number of imidazole rings is 1. The molecule has 0 bridgehead atoms. The number of primary amides is 1. The van der Waals surface area contributed by atoms with Crippen molar-refractivity contribution in [3.63, 3.8) is 0 Å². The van der Waals surface area contributed by atoms with Gasteiger partial charge in [0, 0.05) is 5.92 Å². The minimum Gasteiger partial charge on any atom is -0.366 e. The fourth-order valence-electron chi connectivity index (χ4n) is 4.71. The van der Waals surface area contributed by atoms with E-state index >= 15 is 0 Å². The van der Waals surface area contributed by atoms with Crippen molar-refractivity contribution >= 4 is 16.9 Å². The number of aromatic amines is 1. The molecule has 1 aliphatic carbocycles. The van der Waals surface area contributed by atoms with Crippen molar-refractivity contribution in [1.29, 1.82) is 0 Å². The Balaban J connectivity index is 1.68. The summed E-state index contributed by atoms with van der Waals surface area (Å²) in [6.07, 6.45) is 7.89. The van der Waals surface area contributed by atoms with E-state index < -0.39 is 5.91 Å². The van der Waals surface area contributed by atoms with Gasteiger partial charge in [0.1, 0.15) is 11.3 Å². The Morgan fingerprint density at radius 2 is 2.00 bits per heavy atom. The Hall–Kier alpha value is -1.88. The lowest BCUT2D eigenvalue weighted by molar-refractivity contribution is 0.100. The molecule has 0 spiro atoms. The van der Waals surface area contributed by atoms with E-state index in [0.29, 0.717) is 17.4 Å². The highest BCUT2D eigenvalue weighted by atomic mass is 16.1. The second-order valence-electron chi connectivity index (χ2n) is 7.35. The molecule has 2 aromatic rings. The van der Waals surface area contributed by atoms with E-state index in [2.05, 4.69) is 10.3 Å². The summed E-state index contributed by atoms with van der Waals surface area (Å²) in [6, 6.07) is 5.61. The summed E-state index contributed by atoms with van der Waals surface area (Å²) in [5, 5.41) is 3.58. The Morgan fingerprint density at radius 3 is 2.79 bits per heavy atom. The molecule has 1 saturated heterocycles. The molecule has 4 rings (SSSR count). The van der Waals surface area contributed by atoms with Gasteiger partial charge in [-0.3, -0.25) is 4.79 Å². The van der Waals surface area contributed by atoms with Crippen LogP contribution >= 0.6 is 0 Å². The van der Waals surface area contributed by atoms with Crippen molar-refractivity contribution in [1.82, 2.24) is 15.3 Å². The number of piperidine rings is 1. The summed E-state index contributed by atoms with van der Waals surface area (Å²) in [4.78, 5) is 20.0. The molecule has 5 heteroatoms. The van der Waals surface area contributed by atoms with Crippen molar-refractivity contribution in [2.45, 2.75) is 44.4 Å². The number of hydrogen-bond acceptors (Lipinski definition) is 3. The maximum Gasteiger partial charge on any atom is 0.250 e. The molecule has 2 atom stereocenters. The van der Waals surface area contributed by atoms with E-state index in [0.717, 1.165) is 42.3 Å². The summed E-state index contributed by atoms with van der Waals surface area (Å²) in [6.45, 7) is 2.11. The lowest BCUT2D eigenvalue weighted by Crippen LogP contribution is -2.40. The van der Waals surface area contributed by atoms with E-state index in [1.807, 2.05) is 12.1 Å². The molecule has 128 valence electrons. The number of rotatable bonds is 3. The van der Waals surface area contributed by atoms with Gasteiger partial charge in [0.05, 0.1) is 11.1 Å². The monoisotopic (exact) mass is 326 g/mol. The normalized spacial score (nSPS) is 25.8. The predicted molar refractivity (Wildman–Crippen MR) is 94.9 cm³/mol. The molecular formula is C19H26N4O. The van der Waals surface area contributed by atoms with Crippen molar-refractivity contribution in [2.75, 3.05) is 13.1 Å². The third kappa shape index (κ3) is 2.81. The molecule has 4 N–H and O–H groups in total. The zero-order valence-electron chi connectivity index (χ0n) is 14.1. The van der Waals surface area contributed by atoms with Crippen molar-refractivity contribution in [3.8, 4) is 0 Å². The number of fused-ring (bicyclic) bond motifs is 1. The van der Waals surface area contributed by atoms with Crippen molar-refractivity contribution < 1.29 is 4.79 Å². The fourth-order valence-corrected chi connectivity index (χ4v) is 4.71. The van der Waals surface area contributed by atoms with E-state index in [9.17, 15) is 4.79 Å². The maximum absolute atomic E-state index is 11.7. The first-order valence-corrected chi connectivity index (χ1v) is 9.23. The summed E-state index contributed by atoms with van der Waals surface area (Å²) in [7, 11) is 0. The lowest BCUT2D eigenvalue weighted by Gasteiger charge is -2.38. The van der Waals surface area contributed by atoms with Crippen LogP contribution in [0.1, 0.15) is 60.6 Å². The molecule has 2 fully saturated rings. The van der Waals surface area contributed by atoms with E-state index in [-0.39, 0.29) is 0 Å². The molecule has 2 aliphatic rings. The van der Waals surface area contributed by atoms with Crippen molar-refractivity contribution in [3.05, 3.63) is 29.6 Å². The molecule has 5 nitrogen and oxygen atoms in total. The number of amides is 1. The van der Waals surface area contributed by atoms with E-state index in [1.165, 1.54) is 32.1 Å². The van der Waals surface area contributed by atoms with Crippen LogP contribution in [-0.2, 0) is 0 Å². The fraction of sp³-hybridized carbons (Fsp3) is 0.579. The number of carbonyl (C=O) groups is 1. The molecule has 2 unspecified atom stereocenters. The summed E-state index contributed by atoms with van der Waals surface area (Å²) in [5.74, 6) is 2.50. The zero-order chi connectivity index (χ0) is 16.5. The van der Waals surface area contributed by atoms with Crippen LogP contribution in [0.2, 0.25) is 0 Å². The smallest absolute Gasteiger partial charge is 0.250 e. The van der Waals surface area contributed by atoms with Crippen molar-refractivity contribution in [2.24, 2.45) is 17.6 Å². The highest BCUT2D eigenvalue weighted by Crippen LogP contribution is 2.40. The van der Waals surface area contributed by atoms with E-state index in [1.54, 1.807) is 6.07 Å². The molecule has 24 heavy (non-hydrogen) atoms. The number of nitrogens with two attached hydrogens (primary N) is 1. The molecule has 0 radical (unpaired) electrons. The Kier molecular flexibility index (Phi) is 4.27. The molecule has 1 aromatic heterocycles. The van der Waals surface area contributed by atoms with Crippen LogP contribution in [0.25, 0.3) is 11.0 Å². The molecule has 1 saturated carbocycles. The summed E-state index contributed by atoms with van der Waals surface area (Å²) < 4.78 is 0. The number of hydrogen-bond donors (Lipinski definition) is 3. The lowest BCUT2D eigenvalue weighted by atomic mass is 9.71. The highest BCUT2D eigenvalue weighted by Gasteiger charge is 2.35. The number of nitrogens with zero attached hydrogens (tertiary/aromatic N) is 1. The zero-order valence-corrected chi connectivity index (χ0v) is 14.1. The largest absolute Gasteiger partial charge is 0.366 e. The average molecular weight is 326 g/mol. The molecule has 1 amide bonds. The van der Waals surface area contributed by atoms with Crippen LogP contribution in [0.3, 0.4) is 0 Å². The average Bonchev–Trinajstić information content (AvgIpc) is 3.06. The third-order valence-electron chi connectivity index (χ3n) is 5.93. The molecule has 2 heterocycles. The van der Waals surface area contributed by atoms with Gasteiger partial charge in [-0.2, -0.15) is 0 Å². The van der Waals surface area contributed by atoms with Gasteiger partial charge in [-0.25, -0.2) is 4.98 Å². The third-order valence-corrected chi connectivity index (χ3v) is 5.93. The number of aromatic nitrogens is 2. The van der Waals surface area contributed by atoms with Gasteiger partial charge in [0.15, 0.2) is 0 Å². The van der Waals surface area contributed by atoms with Crippen LogP contribution in [0.5, 0.6) is 0 Å². The van der Waals surface area contributed by atoms with Gasteiger partial charge in [0.25, 0.3) is 5.91 Å². The molecule has 1 aliphatic heterocycles. The standard InChI is InChI=1S/C19H26N4O/c20-18(24)14-7-4-8-16-17(14)23-19(22-16)13-9-10-21-11-15(13)12-5-2-1-3-6-12/h4,7-8,12-13,15,21H,1-3,5-6,9-11H2,(H2,20,24)(H,22,23). The topological polar surface area (TPSA) is 83.8 Å².